The fourth-order valence-corrected chi connectivity index (χ4v) is 4.35. The summed E-state index contributed by atoms with van der Waals surface area (Å²) in [5, 5.41) is 6.34. The van der Waals surface area contributed by atoms with Gasteiger partial charge in [-0.1, -0.05) is 0 Å². The highest BCUT2D eigenvalue weighted by Crippen LogP contribution is 2.33. The third-order valence-corrected chi connectivity index (χ3v) is 5.84. The first-order valence-electron chi connectivity index (χ1n) is 9.11. The first-order chi connectivity index (χ1) is 13.2. The van der Waals surface area contributed by atoms with Crippen LogP contribution in [0.5, 0.6) is 0 Å². The van der Waals surface area contributed by atoms with E-state index in [1.807, 2.05) is 0 Å². The summed E-state index contributed by atoms with van der Waals surface area (Å²) in [5.74, 6) is 0.787. The van der Waals surface area contributed by atoms with E-state index in [1.54, 1.807) is 12.3 Å². The van der Waals surface area contributed by atoms with Crippen LogP contribution in [0.2, 0.25) is 0 Å². The van der Waals surface area contributed by atoms with Gasteiger partial charge in [-0.25, -0.2) is 9.97 Å². The van der Waals surface area contributed by atoms with Gasteiger partial charge in [-0.15, -0.1) is 0 Å². The Morgan fingerprint density at radius 3 is 2.78 bits per heavy atom. The van der Waals surface area contributed by atoms with Gasteiger partial charge in [-0.3, -0.25) is 4.79 Å². The van der Waals surface area contributed by atoms with Gasteiger partial charge >= 0.3 is 0 Å². The molecule has 7 nitrogen and oxygen atoms in total. The smallest absolute Gasteiger partial charge is 0.253 e. The van der Waals surface area contributed by atoms with Crippen LogP contribution >= 0.6 is 15.9 Å². The first-order valence-corrected chi connectivity index (χ1v) is 9.91. The Hall–Kier alpha value is -2.45. The van der Waals surface area contributed by atoms with E-state index in [0.717, 1.165) is 47.6 Å². The number of nitrogens with one attached hydrogen (secondary N) is 2. The fourth-order valence-electron chi connectivity index (χ4n) is 3.86. The summed E-state index contributed by atoms with van der Waals surface area (Å²) in [6.07, 6.45) is 1.65. The highest BCUT2D eigenvalue weighted by molar-refractivity contribution is 9.10. The Bertz CT molecular complexity index is 1040. The largest absolute Gasteiger partial charge is 0.368 e. The van der Waals surface area contributed by atoms with Crippen LogP contribution in [-0.2, 0) is 6.54 Å². The number of carbonyl (C=O) groups is 1. The molecular weight excluding hydrogens is 408 g/mol. The van der Waals surface area contributed by atoms with Gasteiger partial charge in [0.2, 0.25) is 0 Å². The lowest BCUT2D eigenvalue weighted by molar-refractivity contribution is 0.0956. The zero-order valence-electron chi connectivity index (χ0n) is 14.7. The average Bonchev–Trinajstić information content (AvgIpc) is 2.98. The minimum atomic E-state index is -0.0649. The molecule has 3 aromatic rings. The number of amides is 1. The number of hydrogen-bond donors (Lipinski definition) is 2. The van der Waals surface area contributed by atoms with E-state index in [2.05, 4.69) is 59.2 Å². The number of piperazine rings is 1. The third kappa shape index (κ3) is 2.80. The van der Waals surface area contributed by atoms with E-state index in [1.165, 1.54) is 5.69 Å². The van der Waals surface area contributed by atoms with Crippen LogP contribution in [0.1, 0.15) is 10.4 Å². The number of halogens is 1. The number of imidazole rings is 1. The molecule has 0 saturated carbocycles. The molecule has 138 valence electrons. The monoisotopic (exact) mass is 426 g/mol. The number of anilines is 1. The Balaban J connectivity index is 1.67. The lowest BCUT2D eigenvalue weighted by Crippen LogP contribution is -2.43. The molecule has 1 saturated heterocycles. The second-order valence-corrected chi connectivity index (χ2v) is 7.63. The molecule has 2 N–H and O–H groups in total. The van der Waals surface area contributed by atoms with Gasteiger partial charge in [0.1, 0.15) is 11.3 Å². The summed E-state index contributed by atoms with van der Waals surface area (Å²) < 4.78 is 3.19. The summed E-state index contributed by atoms with van der Waals surface area (Å²) in [7, 11) is 0. The van der Waals surface area contributed by atoms with E-state index < -0.39 is 0 Å². The van der Waals surface area contributed by atoms with Crippen molar-refractivity contribution in [1.29, 1.82) is 0 Å². The molecule has 2 aromatic heterocycles. The average molecular weight is 427 g/mol. The summed E-state index contributed by atoms with van der Waals surface area (Å²) >= 11 is 3.70. The molecule has 0 bridgehead atoms. The zero-order valence-corrected chi connectivity index (χ0v) is 16.3. The second kappa shape index (κ2) is 6.61. The summed E-state index contributed by atoms with van der Waals surface area (Å²) in [6, 6.07) is 8.09. The minimum Gasteiger partial charge on any atom is -0.368 e. The molecule has 2 aliphatic rings. The molecule has 0 aliphatic carbocycles. The maximum Gasteiger partial charge on any atom is 0.253 e. The van der Waals surface area contributed by atoms with Crippen LogP contribution in [0, 0.1) is 0 Å². The number of aromatic nitrogens is 3. The second-order valence-electron chi connectivity index (χ2n) is 6.78. The molecule has 0 spiro atoms. The molecule has 4 heterocycles. The van der Waals surface area contributed by atoms with Crippen LogP contribution < -0.4 is 15.5 Å². The summed E-state index contributed by atoms with van der Waals surface area (Å²) in [4.78, 5) is 23.9. The van der Waals surface area contributed by atoms with Gasteiger partial charge in [0.05, 0.1) is 11.3 Å². The normalized spacial score (nSPS) is 17.1. The Morgan fingerprint density at radius 2 is 1.93 bits per heavy atom. The van der Waals surface area contributed by atoms with Crippen molar-refractivity contribution in [1.82, 2.24) is 25.2 Å². The van der Waals surface area contributed by atoms with Gasteiger partial charge in [0, 0.05) is 55.5 Å². The molecule has 0 atom stereocenters. The molecule has 0 unspecified atom stereocenters. The van der Waals surface area contributed by atoms with Crippen LogP contribution in [0.4, 0.5) is 5.69 Å². The quantitative estimate of drug-likeness (QED) is 0.655. The molecule has 1 amide bonds. The van der Waals surface area contributed by atoms with E-state index in [0.29, 0.717) is 24.3 Å². The summed E-state index contributed by atoms with van der Waals surface area (Å²) in [6.45, 7) is 5.17. The molecular formula is C19H19BrN6O. The van der Waals surface area contributed by atoms with Crippen molar-refractivity contribution < 1.29 is 4.79 Å². The van der Waals surface area contributed by atoms with Gasteiger partial charge < -0.3 is 20.1 Å². The molecule has 0 radical (unpaired) electrons. The lowest BCUT2D eigenvalue weighted by Gasteiger charge is -2.30. The van der Waals surface area contributed by atoms with E-state index in [9.17, 15) is 4.79 Å². The van der Waals surface area contributed by atoms with Gasteiger partial charge in [-0.2, -0.15) is 0 Å². The SMILES string of the molecule is O=C1NCCn2c(-c3ccc(Br)c(N4CCNCC4)c3)nc3nccc1c32. The number of carbonyl (C=O) groups excluding carboxylic acids is 1. The van der Waals surface area contributed by atoms with E-state index >= 15 is 0 Å². The van der Waals surface area contributed by atoms with Crippen molar-refractivity contribution in [3.63, 3.8) is 0 Å². The highest BCUT2D eigenvalue weighted by atomic mass is 79.9. The van der Waals surface area contributed by atoms with Gasteiger partial charge in [0.15, 0.2) is 5.65 Å². The highest BCUT2D eigenvalue weighted by Gasteiger charge is 2.23. The van der Waals surface area contributed by atoms with Crippen molar-refractivity contribution in [2.24, 2.45) is 0 Å². The molecule has 8 heteroatoms. The van der Waals surface area contributed by atoms with Crippen LogP contribution in [0.3, 0.4) is 0 Å². The Labute approximate surface area is 164 Å². The number of nitrogens with zero attached hydrogens (tertiary/aromatic N) is 4. The Morgan fingerprint density at radius 1 is 1.07 bits per heavy atom. The van der Waals surface area contributed by atoms with Crippen molar-refractivity contribution in [2.45, 2.75) is 6.54 Å². The maximum absolute atomic E-state index is 12.3. The fraction of sp³-hybridized carbons (Fsp3) is 0.316. The first kappa shape index (κ1) is 16.7. The number of pyridine rings is 1. The van der Waals surface area contributed by atoms with Crippen LogP contribution in [-0.4, -0.2) is 53.2 Å². The van der Waals surface area contributed by atoms with Crippen molar-refractivity contribution >= 4 is 38.7 Å². The maximum atomic E-state index is 12.3. The van der Waals surface area contributed by atoms with Crippen molar-refractivity contribution in [3.8, 4) is 11.4 Å². The number of hydrogen-bond acceptors (Lipinski definition) is 5. The van der Waals surface area contributed by atoms with Crippen LogP contribution in [0.25, 0.3) is 22.6 Å². The lowest BCUT2D eigenvalue weighted by atomic mass is 10.1. The van der Waals surface area contributed by atoms with Crippen molar-refractivity contribution in [3.05, 3.63) is 40.5 Å². The van der Waals surface area contributed by atoms with Crippen LogP contribution in [0.15, 0.2) is 34.9 Å². The number of benzene rings is 1. The van der Waals surface area contributed by atoms with Gasteiger partial charge in [-0.05, 0) is 40.2 Å². The summed E-state index contributed by atoms with van der Waals surface area (Å²) in [5.41, 5.74) is 4.27. The van der Waals surface area contributed by atoms with E-state index in [-0.39, 0.29) is 5.91 Å². The zero-order chi connectivity index (χ0) is 18.4. The topological polar surface area (TPSA) is 75.1 Å². The molecule has 27 heavy (non-hydrogen) atoms. The number of rotatable bonds is 2. The predicted octanol–water partition coefficient (Wildman–Crippen LogP) is 2.01. The molecule has 2 aliphatic heterocycles. The van der Waals surface area contributed by atoms with Crippen molar-refractivity contribution in [2.75, 3.05) is 37.6 Å². The molecule has 5 rings (SSSR count). The van der Waals surface area contributed by atoms with E-state index in [4.69, 9.17) is 4.98 Å². The Kier molecular flexibility index (Phi) is 4.09. The minimum absolute atomic E-state index is 0.0649. The standard InChI is InChI=1S/C19H19BrN6O/c20-14-2-1-12(11-15(14)25-8-5-21-6-9-25)18-24-17-16-13(3-4-22-17)19(27)23-7-10-26(16)18/h1-4,11,21H,5-10H2,(H,23,27). The predicted molar refractivity (Wildman–Crippen MR) is 108 cm³/mol. The molecule has 1 fully saturated rings. The molecule has 1 aromatic carbocycles. The third-order valence-electron chi connectivity index (χ3n) is 5.17. The van der Waals surface area contributed by atoms with Gasteiger partial charge in [0.25, 0.3) is 5.91 Å².